The van der Waals surface area contributed by atoms with Crippen molar-refractivity contribution in [1.29, 1.82) is 0 Å². The summed E-state index contributed by atoms with van der Waals surface area (Å²) in [6.45, 7) is 1.97. The van der Waals surface area contributed by atoms with E-state index in [0.717, 1.165) is 28.1 Å². The Morgan fingerprint density at radius 3 is 2.95 bits per heavy atom. The largest absolute Gasteiger partial charge is 0.496 e. The summed E-state index contributed by atoms with van der Waals surface area (Å²) in [5.41, 5.74) is 3.25. The number of ether oxygens (including phenoxy) is 1. The minimum absolute atomic E-state index is 0.584. The first-order chi connectivity index (χ1) is 9.24. The summed E-state index contributed by atoms with van der Waals surface area (Å²) in [5, 5.41) is 1.92. The third-order valence-corrected chi connectivity index (χ3v) is 3.84. The molecule has 5 heteroatoms. The van der Waals surface area contributed by atoms with Crippen molar-refractivity contribution in [3.63, 3.8) is 0 Å². The summed E-state index contributed by atoms with van der Waals surface area (Å²) in [4.78, 5) is 16.6. The molecular formula is C14H12N2O2S. The molecule has 0 aliphatic carbocycles. The molecule has 0 amide bonds. The van der Waals surface area contributed by atoms with E-state index in [-0.39, 0.29) is 0 Å². The molecule has 0 radical (unpaired) electrons. The molecule has 0 bridgehead atoms. The SMILES string of the molecule is COc1ccc(-c2nc3sccn3c2C=O)cc1C. The number of methoxy groups -OCH3 is 1. The maximum atomic E-state index is 11.3. The summed E-state index contributed by atoms with van der Waals surface area (Å²) in [6.07, 6.45) is 2.71. The van der Waals surface area contributed by atoms with Gasteiger partial charge in [0.15, 0.2) is 11.2 Å². The summed E-state index contributed by atoms with van der Waals surface area (Å²) in [7, 11) is 1.64. The maximum Gasteiger partial charge on any atom is 0.194 e. The molecule has 1 aromatic carbocycles. The van der Waals surface area contributed by atoms with Crippen molar-refractivity contribution in [2.45, 2.75) is 6.92 Å². The van der Waals surface area contributed by atoms with Gasteiger partial charge in [-0.2, -0.15) is 0 Å². The van der Waals surface area contributed by atoms with Gasteiger partial charge in [-0.05, 0) is 30.7 Å². The highest BCUT2D eigenvalue weighted by atomic mass is 32.1. The van der Waals surface area contributed by atoms with Crippen molar-refractivity contribution in [2.75, 3.05) is 7.11 Å². The molecule has 3 aromatic rings. The highest BCUT2D eigenvalue weighted by molar-refractivity contribution is 7.15. The minimum Gasteiger partial charge on any atom is -0.496 e. The van der Waals surface area contributed by atoms with Gasteiger partial charge in [-0.25, -0.2) is 4.98 Å². The van der Waals surface area contributed by atoms with Gasteiger partial charge in [0.05, 0.1) is 7.11 Å². The highest BCUT2D eigenvalue weighted by Gasteiger charge is 2.14. The zero-order valence-electron chi connectivity index (χ0n) is 10.6. The fraction of sp³-hybridized carbons (Fsp3) is 0.143. The van der Waals surface area contributed by atoms with Gasteiger partial charge in [0.25, 0.3) is 0 Å². The second kappa shape index (κ2) is 4.51. The van der Waals surface area contributed by atoms with Gasteiger partial charge >= 0.3 is 0 Å². The topological polar surface area (TPSA) is 43.6 Å². The van der Waals surface area contributed by atoms with Crippen LogP contribution in [0.4, 0.5) is 0 Å². The second-order valence-corrected chi connectivity index (χ2v) is 5.08. The third-order valence-electron chi connectivity index (χ3n) is 3.08. The van der Waals surface area contributed by atoms with E-state index in [9.17, 15) is 4.79 Å². The average Bonchev–Trinajstić information content (AvgIpc) is 2.98. The van der Waals surface area contributed by atoms with Gasteiger partial charge in [0, 0.05) is 17.1 Å². The third kappa shape index (κ3) is 1.82. The first-order valence-electron chi connectivity index (χ1n) is 5.80. The Morgan fingerprint density at radius 2 is 2.26 bits per heavy atom. The monoisotopic (exact) mass is 272 g/mol. The number of aryl methyl sites for hydroxylation is 1. The molecule has 0 spiro atoms. The molecule has 0 aliphatic heterocycles. The van der Waals surface area contributed by atoms with Gasteiger partial charge < -0.3 is 4.74 Å². The summed E-state index contributed by atoms with van der Waals surface area (Å²) in [6, 6.07) is 5.80. The van der Waals surface area contributed by atoms with E-state index in [4.69, 9.17) is 4.74 Å². The molecule has 0 N–H and O–H groups in total. The van der Waals surface area contributed by atoms with Gasteiger partial charge in [-0.3, -0.25) is 9.20 Å². The predicted octanol–water partition coefficient (Wildman–Crippen LogP) is 3.19. The van der Waals surface area contributed by atoms with E-state index < -0.39 is 0 Å². The molecule has 2 heterocycles. The minimum atomic E-state index is 0.584. The van der Waals surface area contributed by atoms with Crippen LogP contribution in [0.15, 0.2) is 29.8 Å². The molecule has 19 heavy (non-hydrogen) atoms. The molecule has 0 unspecified atom stereocenters. The standard InChI is InChI=1S/C14H12N2O2S/c1-9-7-10(3-4-12(9)18-2)13-11(8-17)16-5-6-19-14(16)15-13/h3-8H,1-2H3. The van der Waals surface area contributed by atoms with Crippen molar-refractivity contribution in [3.8, 4) is 17.0 Å². The molecule has 2 aromatic heterocycles. The Labute approximate surface area is 114 Å². The van der Waals surface area contributed by atoms with Crippen LogP contribution in [-0.2, 0) is 0 Å². The molecule has 0 aliphatic rings. The van der Waals surface area contributed by atoms with Crippen LogP contribution in [0.3, 0.4) is 0 Å². The van der Waals surface area contributed by atoms with Gasteiger partial charge in [0.2, 0.25) is 0 Å². The number of thiazole rings is 1. The number of nitrogens with zero attached hydrogens (tertiary/aromatic N) is 2. The molecule has 96 valence electrons. The van der Waals surface area contributed by atoms with Gasteiger partial charge in [-0.15, -0.1) is 11.3 Å². The van der Waals surface area contributed by atoms with E-state index in [1.807, 2.05) is 41.1 Å². The quantitative estimate of drug-likeness (QED) is 0.688. The zero-order valence-corrected chi connectivity index (χ0v) is 11.4. The van der Waals surface area contributed by atoms with Gasteiger partial charge in [-0.1, -0.05) is 0 Å². The number of imidazole rings is 1. The second-order valence-electron chi connectivity index (χ2n) is 4.20. The van der Waals surface area contributed by atoms with Crippen molar-refractivity contribution in [3.05, 3.63) is 41.0 Å². The first kappa shape index (κ1) is 11.9. The Kier molecular flexibility index (Phi) is 2.83. The van der Waals surface area contributed by atoms with Crippen LogP contribution in [0, 0.1) is 6.92 Å². The molecule has 0 saturated carbocycles. The summed E-state index contributed by atoms with van der Waals surface area (Å²) < 4.78 is 7.06. The number of fused-ring (bicyclic) bond motifs is 1. The first-order valence-corrected chi connectivity index (χ1v) is 6.68. The predicted molar refractivity (Wildman–Crippen MR) is 75.2 cm³/mol. The fourth-order valence-corrected chi connectivity index (χ4v) is 2.88. The Hall–Kier alpha value is -2.14. The maximum absolute atomic E-state index is 11.3. The van der Waals surface area contributed by atoms with E-state index >= 15 is 0 Å². The van der Waals surface area contributed by atoms with Crippen LogP contribution in [0.2, 0.25) is 0 Å². The van der Waals surface area contributed by atoms with Crippen LogP contribution in [-0.4, -0.2) is 22.8 Å². The number of hydrogen-bond acceptors (Lipinski definition) is 4. The van der Waals surface area contributed by atoms with E-state index in [1.54, 1.807) is 7.11 Å². The Morgan fingerprint density at radius 1 is 1.42 bits per heavy atom. The number of carbonyl (C=O) groups excluding carboxylic acids is 1. The van der Waals surface area contributed by atoms with Crippen LogP contribution in [0.1, 0.15) is 16.1 Å². The van der Waals surface area contributed by atoms with E-state index in [2.05, 4.69) is 4.98 Å². The van der Waals surface area contributed by atoms with Crippen LogP contribution in [0.5, 0.6) is 5.75 Å². The zero-order chi connectivity index (χ0) is 13.4. The summed E-state index contributed by atoms with van der Waals surface area (Å²) >= 11 is 1.51. The van der Waals surface area contributed by atoms with Crippen molar-refractivity contribution in [1.82, 2.24) is 9.38 Å². The van der Waals surface area contributed by atoms with Crippen molar-refractivity contribution in [2.24, 2.45) is 0 Å². The molecule has 3 rings (SSSR count). The lowest BCUT2D eigenvalue weighted by atomic mass is 10.1. The molecule has 4 nitrogen and oxygen atoms in total. The summed E-state index contributed by atoms with van der Waals surface area (Å²) in [5.74, 6) is 0.831. The Balaban J connectivity index is 2.20. The number of hydrogen-bond donors (Lipinski definition) is 0. The van der Waals surface area contributed by atoms with Crippen LogP contribution < -0.4 is 4.74 Å². The van der Waals surface area contributed by atoms with Crippen LogP contribution >= 0.6 is 11.3 Å². The number of rotatable bonds is 3. The smallest absolute Gasteiger partial charge is 0.194 e. The lowest BCUT2D eigenvalue weighted by molar-refractivity contribution is 0.111. The van der Waals surface area contributed by atoms with Crippen molar-refractivity contribution >= 4 is 22.6 Å². The van der Waals surface area contributed by atoms with Crippen LogP contribution in [0.25, 0.3) is 16.2 Å². The number of aromatic nitrogens is 2. The van der Waals surface area contributed by atoms with Gasteiger partial charge in [0.1, 0.15) is 17.1 Å². The number of aldehydes is 1. The number of benzene rings is 1. The van der Waals surface area contributed by atoms with E-state index in [0.29, 0.717) is 11.4 Å². The fourth-order valence-electron chi connectivity index (χ4n) is 2.15. The number of carbonyl (C=O) groups is 1. The molecular weight excluding hydrogens is 260 g/mol. The highest BCUT2D eigenvalue weighted by Crippen LogP contribution is 2.29. The van der Waals surface area contributed by atoms with Crippen molar-refractivity contribution < 1.29 is 9.53 Å². The van der Waals surface area contributed by atoms with E-state index in [1.165, 1.54) is 11.3 Å². The molecule has 0 atom stereocenters. The average molecular weight is 272 g/mol. The Bertz CT molecular complexity index is 758. The molecule has 0 fully saturated rings. The lowest BCUT2D eigenvalue weighted by Crippen LogP contribution is -1.92. The lowest BCUT2D eigenvalue weighted by Gasteiger charge is -2.06. The molecule has 0 saturated heterocycles. The normalized spacial score (nSPS) is 10.8.